The summed E-state index contributed by atoms with van der Waals surface area (Å²) in [4.78, 5) is 17.5. The zero-order valence-electron chi connectivity index (χ0n) is 16.7. The first-order valence-electron chi connectivity index (χ1n) is 10.6. The average molecular weight is 386 g/mol. The van der Waals surface area contributed by atoms with E-state index in [1.165, 1.54) is 0 Å². The fourth-order valence-corrected chi connectivity index (χ4v) is 4.68. The summed E-state index contributed by atoms with van der Waals surface area (Å²) < 4.78 is 13.4. The van der Waals surface area contributed by atoms with Crippen LogP contribution in [0.15, 0.2) is 24.3 Å². The monoisotopic (exact) mass is 385 g/mol. The fraction of sp³-hybridized carbons (Fsp3) is 0.636. The van der Waals surface area contributed by atoms with Gasteiger partial charge in [0.2, 0.25) is 5.91 Å². The molecule has 0 saturated carbocycles. The number of fused-ring (bicyclic) bond motifs is 1. The number of hydrogen-bond acceptors (Lipinski definition) is 4. The third kappa shape index (κ3) is 4.23. The summed E-state index contributed by atoms with van der Waals surface area (Å²) in [6.07, 6.45) is 4.39. The molecule has 152 valence electrons. The summed E-state index contributed by atoms with van der Waals surface area (Å²) in [6.45, 7) is 5.92. The van der Waals surface area contributed by atoms with E-state index in [-0.39, 0.29) is 11.9 Å². The lowest BCUT2D eigenvalue weighted by atomic mass is 9.79. The van der Waals surface area contributed by atoms with Crippen molar-refractivity contribution in [2.24, 2.45) is 11.8 Å². The zero-order chi connectivity index (χ0) is 19.3. The van der Waals surface area contributed by atoms with Crippen LogP contribution in [0.2, 0.25) is 0 Å². The largest absolute Gasteiger partial charge is 0.381 e. The number of nitrogens with zero attached hydrogens (tertiary/aromatic N) is 2. The molecule has 1 aromatic carbocycles. The summed E-state index contributed by atoms with van der Waals surface area (Å²) in [5, 5.41) is 3.32. The molecule has 0 radical (unpaired) electrons. The molecule has 2 saturated heterocycles. The average Bonchev–Trinajstić information content (AvgIpc) is 3.11. The Hall–Kier alpha value is -1.92. The highest BCUT2D eigenvalue weighted by molar-refractivity contribution is 5.78. The first-order valence-corrected chi connectivity index (χ1v) is 10.6. The van der Waals surface area contributed by atoms with Crippen molar-refractivity contribution < 1.29 is 14.3 Å². The Balaban J connectivity index is 1.38. The molecule has 6 heteroatoms. The Morgan fingerprint density at radius 1 is 1.18 bits per heavy atom. The van der Waals surface area contributed by atoms with E-state index in [1.54, 1.807) is 0 Å². The Bertz CT molecular complexity index is 797. The third-order valence-corrected chi connectivity index (χ3v) is 6.23. The minimum absolute atomic E-state index is 0.129. The van der Waals surface area contributed by atoms with Gasteiger partial charge in [-0.15, -0.1) is 0 Å². The maximum atomic E-state index is 12.8. The summed E-state index contributed by atoms with van der Waals surface area (Å²) in [5.41, 5.74) is 2.11. The van der Waals surface area contributed by atoms with Gasteiger partial charge in [-0.25, -0.2) is 4.98 Å². The predicted octanol–water partition coefficient (Wildman–Crippen LogP) is 2.94. The number of carbonyl (C=O) groups excluding carboxylic acids is 1. The van der Waals surface area contributed by atoms with Crippen molar-refractivity contribution in [1.82, 2.24) is 14.9 Å². The van der Waals surface area contributed by atoms with Crippen LogP contribution < -0.4 is 5.32 Å². The van der Waals surface area contributed by atoms with E-state index in [4.69, 9.17) is 14.5 Å². The lowest BCUT2D eigenvalue weighted by Gasteiger charge is -2.39. The van der Waals surface area contributed by atoms with Crippen molar-refractivity contribution in [3.05, 3.63) is 30.1 Å². The summed E-state index contributed by atoms with van der Waals surface area (Å²) in [5.74, 6) is 2.16. The van der Waals surface area contributed by atoms with Crippen LogP contribution in [0.1, 0.15) is 38.4 Å². The first kappa shape index (κ1) is 19.4. The van der Waals surface area contributed by atoms with Crippen molar-refractivity contribution in [1.29, 1.82) is 0 Å². The molecule has 2 atom stereocenters. The van der Waals surface area contributed by atoms with Crippen LogP contribution in [0.5, 0.6) is 0 Å². The second kappa shape index (κ2) is 9.05. The zero-order valence-corrected chi connectivity index (χ0v) is 16.7. The molecule has 4 rings (SSSR count). The third-order valence-electron chi connectivity index (χ3n) is 6.23. The first-order chi connectivity index (χ1) is 13.8. The molecule has 2 fully saturated rings. The van der Waals surface area contributed by atoms with Crippen molar-refractivity contribution >= 4 is 16.9 Å². The lowest BCUT2D eigenvalue weighted by Crippen LogP contribution is -2.49. The number of aryl methyl sites for hydroxylation is 2. The molecule has 2 aliphatic heterocycles. The molecule has 6 nitrogen and oxygen atoms in total. The van der Waals surface area contributed by atoms with E-state index in [1.807, 2.05) is 18.2 Å². The van der Waals surface area contributed by atoms with E-state index >= 15 is 0 Å². The molecule has 0 spiro atoms. The summed E-state index contributed by atoms with van der Waals surface area (Å²) >= 11 is 0. The van der Waals surface area contributed by atoms with Gasteiger partial charge >= 0.3 is 0 Å². The maximum absolute atomic E-state index is 12.8. The minimum atomic E-state index is 0.129. The number of rotatable bonds is 6. The second-order valence-corrected chi connectivity index (χ2v) is 7.92. The molecule has 1 aromatic heterocycles. The molecule has 28 heavy (non-hydrogen) atoms. The number of nitrogens with one attached hydrogen (secondary N) is 1. The van der Waals surface area contributed by atoms with Gasteiger partial charge in [0.1, 0.15) is 5.82 Å². The van der Waals surface area contributed by atoms with Crippen LogP contribution in [0.25, 0.3) is 11.0 Å². The highest BCUT2D eigenvalue weighted by atomic mass is 16.5. The molecule has 0 aliphatic carbocycles. The van der Waals surface area contributed by atoms with Crippen LogP contribution in [-0.2, 0) is 27.2 Å². The van der Waals surface area contributed by atoms with Crippen LogP contribution in [0.3, 0.4) is 0 Å². The second-order valence-electron chi connectivity index (χ2n) is 7.92. The molecule has 2 aromatic rings. The normalized spacial score (nSPS) is 23.8. The van der Waals surface area contributed by atoms with Gasteiger partial charge in [0.05, 0.1) is 17.6 Å². The summed E-state index contributed by atoms with van der Waals surface area (Å²) in [6, 6.07) is 8.37. The van der Waals surface area contributed by atoms with Crippen molar-refractivity contribution in [2.45, 2.75) is 51.6 Å². The van der Waals surface area contributed by atoms with E-state index in [0.29, 0.717) is 24.8 Å². The van der Waals surface area contributed by atoms with Crippen molar-refractivity contribution in [2.75, 3.05) is 26.4 Å². The van der Waals surface area contributed by atoms with Gasteiger partial charge in [-0.1, -0.05) is 19.1 Å². The molecule has 0 unspecified atom stereocenters. The standard InChI is InChI=1S/C22H31N3O3/c1-2-21-23-19-5-3-4-6-20(19)25(21)11-7-22(26)24-18-10-14-28-15-17(18)16-8-12-27-13-9-16/h3-6,16-18H,2,7-15H2,1H3,(H,24,26)/t17-,18-/m0/s1. The molecule has 0 bridgehead atoms. The highest BCUT2D eigenvalue weighted by Gasteiger charge is 2.34. The Morgan fingerprint density at radius 3 is 2.79 bits per heavy atom. The SMILES string of the molecule is CCc1nc2ccccc2n1CCC(=O)N[C@H]1CCOC[C@H]1C1CCOCC1. The van der Waals surface area contributed by atoms with Gasteiger partial charge in [-0.05, 0) is 37.3 Å². The van der Waals surface area contributed by atoms with Gasteiger partial charge in [0.15, 0.2) is 0 Å². The van der Waals surface area contributed by atoms with Gasteiger partial charge in [0, 0.05) is 51.2 Å². The van der Waals surface area contributed by atoms with Crippen LogP contribution in [0.4, 0.5) is 0 Å². The Kier molecular flexibility index (Phi) is 6.27. The van der Waals surface area contributed by atoms with E-state index in [9.17, 15) is 4.79 Å². The number of ether oxygens (including phenoxy) is 2. The topological polar surface area (TPSA) is 65.4 Å². The Morgan fingerprint density at radius 2 is 1.96 bits per heavy atom. The number of benzene rings is 1. The van der Waals surface area contributed by atoms with Crippen LogP contribution in [0, 0.1) is 11.8 Å². The van der Waals surface area contributed by atoms with E-state index < -0.39 is 0 Å². The van der Waals surface area contributed by atoms with Gasteiger partial charge in [-0.2, -0.15) is 0 Å². The molecule has 2 aliphatic rings. The van der Waals surface area contributed by atoms with Crippen molar-refractivity contribution in [3.8, 4) is 0 Å². The van der Waals surface area contributed by atoms with Crippen LogP contribution in [-0.4, -0.2) is 47.9 Å². The maximum Gasteiger partial charge on any atom is 0.222 e. The molecule has 1 N–H and O–H groups in total. The molecule has 3 heterocycles. The van der Waals surface area contributed by atoms with Crippen molar-refractivity contribution in [3.63, 3.8) is 0 Å². The lowest BCUT2D eigenvalue weighted by molar-refractivity contribution is -0.124. The van der Waals surface area contributed by atoms with E-state index in [2.05, 4.69) is 22.9 Å². The quantitative estimate of drug-likeness (QED) is 0.830. The molecular weight excluding hydrogens is 354 g/mol. The number of para-hydroxylation sites is 2. The minimum Gasteiger partial charge on any atom is -0.381 e. The van der Waals surface area contributed by atoms with Crippen LogP contribution >= 0.6 is 0 Å². The molecule has 1 amide bonds. The predicted molar refractivity (Wildman–Crippen MR) is 108 cm³/mol. The number of hydrogen-bond donors (Lipinski definition) is 1. The van der Waals surface area contributed by atoms with Gasteiger partial charge in [-0.3, -0.25) is 4.79 Å². The number of carbonyl (C=O) groups is 1. The number of aromatic nitrogens is 2. The number of amides is 1. The highest BCUT2D eigenvalue weighted by Crippen LogP contribution is 2.30. The smallest absolute Gasteiger partial charge is 0.222 e. The summed E-state index contributed by atoms with van der Waals surface area (Å²) in [7, 11) is 0. The fourth-order valence-electron chi connectivity index (χ4n) is 4.68. The van der Waals surface area contributed by atoms with E-state index in [0.717, 1.165) is 69.0 Å². The Labute approximate surface area is 166 Å². The number of imidazole rings is 1. The molecular formula is C22H31N3O3. The van der Waals surface area contributed by atoms with Gasteiger partial charge in [0.25, 0.3) is 0 Å². The van der Waals surface area contributed by atoms with Gasteiger partial charge < -0.3 is 19.4 Å².